The van der Waals surface area contributed by atoms with E-state index in [0.717, 1.165) is 38.2 Å². The van der Waals surface area contributed by atoms with E-state index in [1.165, 1.54) is 5.56 Å². The monoisotopic (exact) mass is 359 g/mol. The smallest absolute Gasteiger partial charge is 0.274 e. The molecule has 4 rings (SSSR count). The van der Waals surface area contributed by atoms with Crippen molar-refractivity contribution >= 4 is 11.6 Å². The fourth-order valence-electron chi connectivity index (χ4n) is 3.47. The third-order valence-electron chi connectivity index (χ3n) is 4.95. The Balaban J connectivity index is 1.40. The number of hydrogen-bond acceptors (Lipinski definition) is 4. The van der Waals surface area contributed by atoms with Crippen LogP contribution >= 0.6 is 0 Å². The molecule has 6 nitrogen and oxygen atoms in total. The molecule has 6 heteroatoms. The topological polar surface area (TPSA) is 64.6 Å². The summed E-state index contributed by atoms with van der Waals surface area (Å²) in [5.74, 6) is -0.000997. The Hall–Kier alpha value is -3.17. The van der Waals surface area contributed by atoms with E-state index in [1.807, 2.05) is 58.0 Å². The summed E-state index contributed by atoms with van der Waals surface area (Å²) in [6.07, 6.45) is 4.65. The van der Waals surface area contributed by atoms with Gasteiger partial charge in [-0.3, -0.25) is 9.69 Å². The van der Waals surface area contributed by atoms with Crippen molar-refractivity contribution in [3.8, 4) is 6.07 Å². The van der Waals surface area contributed by atoms with Crippen LogP contribution in [0.25, 0.3) is 5.65 Å². The van der Waals surface area contributed by atoms with Crippen molar-refractivity contribution in [2.24, 2.45) is 0 Å². The molecule has 0 unspecified atom stereocenters. The number of pyridine rings is 1. The number of nitriles is 1. The Morgan fingerprint density at radius 2 is 1.93 bits per heavy atom. The van der Waals surface area contributed by atoms with Gasteiger partial charge in [0, 0.05) is 45.1 Å². The van der Waals surface area contributed by atoms with Crippen LogP contribution in [-0.2, 0) is 6.54 Å². The van der Waals surface area contributed by atoms with Crippen LogP contribution in [0, 0.1) is 11.3 Å². The Labute approximate surface area is 158 Å². The van der Waals surface area contributed by atoms with Gasteiger partial charge in [0.15, 0.2) is 0 Å². The van der Waals surface area contributed by atoms with Gasteiger partial charge in [-0.15, -0.1) is 0 Å². The molecule has 0 aliphatic carbocycles. The van der Waals surface area contributed by atoms with Crippen molar-refractivity contribution in [1.82, 2.24) is 19.2 Å². The number of benzene rings is 1. The number of amides is 1. The lowest BCUT2D eigenvalue weighted by atomic mass is 10.1. The molecule has 0 spiro atoms. The van der Waals surface area contributed by atoms with Crippen LogP contribution in [0.3, 0.4) is 0 Å². The van der Waals surface area contributed by atoms with Crippen LogP contribution < -0.4 is 0 Å². The minimum Gasteiger partial charge on any atom is -0.336 e. The predicted octanol–water partition coefficient (Wildman–Crippen LogP) is 2.55. The molecule has 27 heavy (non-hydrogen) atoms. The summed E-state index contributed by atoms with van der Waals surface area (Å²) in [6, 6.07) is 15.6. The summed E-state index contributed by atoms with van der Waals surface area (Å²) < 4.78 is 1.88. The molecule has 3 aromatic rings. The average molecular weight is 359 g/mol. The molecule has 0 bridgehead atoms. The largest absolute Gasteiger partial charge is 0.336 e. The number of nitrogens with zero attached hydrogens (tertiary/aromatic N) is 5. The molecule has 1 fully saturated rings. The molecule has 1 aliphatic heterocycles. The third kappa shape index (κ3) is 3.83. The number of aromatic nitrogens is 2. The molecule has 1 aromatic carbocycles. The van der Waals surface area contributed by atoms with Crippen LogP contribution in [0.15, 0.2) is 54.9 Å². The summed E-state index contributed by atoms with van der Waals surface area (Å²) in [7, 11) is 0. The van der Waals surface area contributed by atoms with Gasteiger partial charge < -0.3 is 9.30 Å². The molecular weight excluding hydrogens is 338 g/mol. The second-order valence-corrected chi connectivity index (χ2v) is 6.82. The summed E-state index contributed by atoms with van der Waals surface area (Å²) in [6.45, 7) is 4.07. The molecule has 2 aromatic heterocycles. The van der Waals surface area contributed by atoms with Gasteiger partial charge in [0.1, 0.15) is 11.3 Å². The number of carbonyl (C=O) groups excluding carboxylic acids is 1. The molecule has 1 amide bonds. The number of imidazole rings is 1. The summed E-state index contributed by atoms with van der Waals surface area (Å²) in [5, 5.41) is 8.90. The maximum Gasteiger partial charge on any atom is 0.274 e. The maximum atomic E-state index is 12.9. The van der Waals surface area contributed by atoms with Crippen molar-refractivity contribution in [3.05, 3.63) is 71.7 Å². The first-order valence-electron chi connectivity index (χ1n) is 9.17. The van der Waals surface area contributed by atoms with E-state index in [0.29, 0.717) is 17.8 Å². The molecule has 0 atom stereocenters. The molecule has 0 N–H and O–H groups in total. The lowest BCUT2D eigenvalue weighted by molar-refractivity contribution is 0.0756. The van der Waals surface area contributed by atoms with Crippen molar-refractivity contribution in [2.45, 2.75) is 13.0 Å². The highest BCUT2D eigenvalue weighted by Gasteiger charge is 2.22. The second kappa shape index (κ2) is 7.60. The van der Waals surface area contributed by atoms with Crippen molar-refractivity contribution in [1.29, 1.82) is 5.26 Å². The van der Waals surface area contributed by atoms with Gasteiger partial charge >= 0.3 is 0 Å². The van der Waals surface area contributed by atoms with Gasteiger partial charge in [-0.2, -0.15) is 5.26 Å². The third-order valence-corrected chi connectivity index (χ3v) is 4.95. The van der Waals surface area contributed by atoms with Gasteiger partial charge in [-0.05, 0) is 36.2 Å². The van der Waals surface area contributed by atoms with E-state index in [-0.39, 0.29) is 5.91 Å². The van der Waals surface area contributed by atoms with Gasteiger partial charge in [-0.1, -0.05) is 18.2 Å². The van der Waals surface area contributed by atoms with E-state index in [4.69, 9.17) is 5.26 Å². The van der Waals surface area contributed by atoms with Gasteiger partial charge in [-0.25, -0.2) is 4.98 Å². The summed E-state index contributed by atoms with van der Waals surface area (Å²) in [4.78, 5) is 21.6. The highest BCUT2D eigenvalue weighted by Crippen LogP contribution is 2.13. The normalized spacial score (nSPS) is 15.4. The van der Waals surface area contributed by atoms with Crippen molar-refractivity contribution in [3.63, 3.8) is 0 Å². The highest BCUT2D eigenvalue weighted by molar-refractivity contribution is 5.93. The molecule has 0 radical (unpaired) electrons. The van der Waals surface area contributed by atoms with Crippen LogP contribution in [0.1, 0.15) is 28.0 Å². The van der Waals surface area contributed by atoms with E-state index in [1.54, 1.807) is 6.20 Å². The van der Waals surface area contributed by atoms with E-state index >= 15 is 0 Å². The fourth-order valence-corrected chi connectivity index (χ4v) is 3.47. The average Bonchev–Trinajstić information content (AvgIpc) is 3.01. The Morgan fingerprint density at radius 3 is 2.70 bits per heavy atom. The highest BCUT2D eigenvalue weighted by atomic mass is 16.2. The molecular formula is C21H21N5O. The van der Waals surface area contributed by atoms with E-state index in [2.05, 4.69) is 16.0 Å². The van der Waals surface area contributed by atoms with E-state index in [9.17, 15) is 4.79 Å². The van der Waals surface area contributed by atoms with E-state index < -0.39 is 0 Å². The lowest BCUT2D eigenvalue weighted by Gasteiger charge is -2.21. The first kappa shape index (κ1) is 17.3. The lowest BCUT2D eigenvalue weighted by Crippen LogP contribution is -2.35. The van der Waals surface area contributed by atoms with Gasteiger partial charge in [0.25, 0.3) is 5.91 Å². The molecule has 1 saturated heterocycles. The minimum atomic E-state index is -0.000997. The molecule has 3 heterocycles. The Morgan fingerprint density at radius 1 is 1.07 bits per heavy atom. The standard InChI is InChI=1S/C21H21N5O/c22-14-17-5-7-18(8-6-17)15-24-9-3-11-25(13-12-24)21(27)19-16-26-10-2-1-4-20(26)23-19/h1-2,4-8,10,16H,3,9,11-13,15H2. The fraction of sp³-hybridized carbons (Fsp3) is 0.286. The van der Waals surface area contributed by atoms with Gasteiger partial charge in [0.05, 0.1) is 11.6 Å². The Bertz CT molecular complexity index is 953. The zero-order valence-corrected chi connectivity index (χ0v) is 15.1. The first-order chi connectivity index (χ1) is 13.2. The zero-order chi connectivity index (χ0) is 18.6. The second-order valence-electron chi connectivity index (χ2n) is 6.82. The number of hydrogen-bond donors (Lipinski definition) is 0. The van der Waals surface area contributed by atoms with Crippen LogP contribution in [0.4, 0.5) is 0 Å². The minimum absolute atomic E-state index is 0.000997. The molecule has 0 saturated carbocycles. The van der Waals surface area contributed by atoms with Crippen molar-refractivity contribution in [2.75, 3.05) is 26.2 Å². The number of carbonyl (C=O) groups is 1. The number of rotatable bonds is 3. The summed E-state index contributed by atoms with van der Waals surface area (Å²) >= 11 is 0. The summed E-state index contributed by atoms with van der Waals surface area (Å²) in [5.41, 5.74) is 3.16. The number of fused-ring (bicyclic) bond motifs is 1. The predicted molar refractivity (Wildman–Crippen MR) is 102 cm³/mol. The van der Waals surface area contributed by atoms with Crippen molar-refractivity contribution < 1.29 is 4.79 Å². The molecule has 1 aliphatic rings. The van der Waals surface area contributed by atoms with Gasteiger partial charge in [0.2, 0.25) is 0 Å². The quantitative estimate of drug-likeness (QED) is 0.721. The van der Waals surface area contributed by atoms with Crippen LogP contribution in [-0.4, -0.2) is 51.3 Å². The first-order valence-corrected chi connectivity index (χ1v) is 9.17. The van der Waals surface area contributed by atoms with Crippen LogP contribution in [0.5, 0.6) is 0 Å². The SMILES string of the molecule is N#Cc1ccc(CN2CCCN(C(=O)c3cn4ccccc4n3)CC2)cc1. The maximum absolute atomic E-state index is 12.9. The zero-order valence-electron chi connectivity index (χ0n) is 15.1. The Kier molecular flexibility index (Phi) is 4.86. The molecule has 136 valence electrons. The van der Waals surface area contributed by atoms with Crippen LogP contribution in [0.2, 0.25) is 0 Å².